The number of carbonyl (C=O) groups excluding carboxylic acids is 1. The molecule has 2 bridgehead atoms. The molecule has 0 aliphatic heterocycles. The van der Waals surface area contributed by atoms with Gasteiger partial charge in [0.25, 0.3) is 0 Å². The van der Waals surface area contributed by atoms with Gasteiger partial charge in [0.1, 0.15) is 0 Å². The van der Waals surface area contributed by atoms with Gasteiger partial charge in [-0.05, 0) is 43.4 Å². The van der Waals surface area contributed by atoms with Crippen molar-refractivity contribution in [1.82, 2.24) is 0 Å². The van der Waals surface area contributed by atoms with Crippen molar-refractivity contribution in [3.05, 3.63) is 0 Å². The van der Waals surface area contributed by atoms with Gasteiger partial charge >= 0.3 is 5.97 Å². The largest absolute Gasteiger partial charge is 0.469 e. The minimum Gasteiger partial charge on any atom is -0.469 e. The number of rotatable bonds is 1. The molecule has 0 aromatic rings. The quantitative estimate of drug-likeness (QED) is 0.577. The first-order valence-corrected chi connectivity index (χ1v) is 5.37. The first kappa shape index (κ1) is 7.84. The molecule has 72 valence electrons. The lowest BCUT2D eigenvalue weighted by Gasteiger charge is -2.25. The van der Waals surface area contributed by atoms with Crippen molar-refractivity contribution in [3.63, 3.8) is 0 Å². The number of hydrogen-bond donors (Lipinski definition) is 0. The van der Waals surface area contributed by atoms with Crippen LogP contribution in [0.4, 0.5) is 0 Å². The van der Waals surface area contributed by atoms with Crippen LogP contribution in [0.15, 0.2) is 0 Å². The molecule has 2 heteroatoms. The van der Waals surface area contributed by atoms with E-state index >= 15 is 0 Å². The molecule has 3 fully saturated rings. The Morgan fingerprint density at radius 2 is 2.15 bits per heavy atom. The maximum absolute atomic E-state index is 11.7. The number of carbonyl (C=O) groups is 1. The second-order valence-electron chi connectivity index (χ2n) is 4.96. The van der Waals surface area contributed by atoms with E-state index in [1.54, 1.807) is 0 Å². The lowest BCUT2D eigenvalue weighted by molar-refractivity contribution is -0.149. The topological polar surface area (TPSA) is 26.3 Å². The van der Waals surface area contributed by atoms with Gasteiger partial charge in [0.05, 0.1) is 12.5 Å². The highest BCUT2D eigenvalue weighted by atomic mass is 16.5. The summed E-state index contributed by atoms with van der Waals surface area (Å²) in [5.41, 5.74) is 0.00174. The highest BCUT2D eigenvalue weighted by Gasteiger charge is 2.72. The summed E-state index contributed by atoms with van der Waals surface area (Å²) < 4.78 is 4.95. The minimum absolute atomic E-state index is 0.00174. The fraction of sp³-hybridized carbons (Fsp3) is 0.909. The summed E-state index contributed by atoms with van der Waals surface area (Å²) in [6.07, 6.45) is 6.33. The maximum atomic E-state index is 11.7. The number of esters is 1. The Morgan fingerprint density at radius 3 is 2.92 bits per heavy atom. The molecule has 0 amide bonds. The van der Waals surface area contributed by atoms with Gasteiger partial charge in [0.2, 0.25) is 0 Å². The van der Waals surface area contributed by atoms with Crippen LogP contribution in [0.3, 0.4) is 0 Å². The van der Waals surface area contributed by atoms with E-state index in [4.69, 9.17) is 4.74 Å². The molecule has 3 aliphatic rings. The first-order chi connectivity index (χ1) is 6.29. The SMILES string of the molecule is COC(=O)C12CCC3CCC1C2C3. The van der Waals surface area contributed by atoms with Gasteiger partial charge in [-0.1, -0.05) is 6.42 Å². The minimum atomic E-state index is 0.00174. The van der Waals surface area contributed by atoms with Gasteiger partial charge in [0, 0.05) is 0 Å². The van der Waals surface area contributed by atoms with Gasteiger partial charge in [0.15, 0.2) is 0 Å². The molecule has 13 heavy (non-hydrogen) atoms. The van der Waals surface area contributed by atoms with Crippen molar-refractivity contribution in [2.45, 2.75) is 32.1 Å². The Bertz CT molecular complexity index is 255. The maximum Gasteiger partial charge on any atom is 0.312 e. The lowest BCUT2D eigenvalue weighted by atomic mass is 9.80. The summed E-state index contributed by atoms with van der Waals surface area (Å²) in [6, 6.07) is 0. The van der Waals surface area contributed by atoms with Crippen LogP contribution < -0.4 is 0 Å². The zero-order valence-electron chi connectivity index (χ0n) is 8.08. The Morgan fingerprint density at radius 1 is 1.31 bits per heavy atom. The van der Waals surface area contributed by atoms with Crippen LogP contribution in [0.5, 0.6) is 0 Å². The molecular formula is C11H16O2. The molecule has 3 aliphatic carbocycles. The standard InChI is InChI=1S/C11H16O2/c1-13-10(12)11-5-4-7-2-3-8(11)9(11)6-7/h7-9H,2-6H2,1H3. The number of hydrogen-bond acceptors (Lipinski definition) is 2. The molecule has 0 aromatic heterocycles. The van der Waals surface area contributed by atoms with Crippen molar-refractivity contribution in [1.29, 1.82) is 0 Å². The van der Waals surface area contributed by atoms with Crippen LogP contribution >= 0.6 is 0 Å². The third-order valence-corrected chi connectivity index (χ3v) is 4.70. The Labute approximate surface area is 78.6 Å². The van der Waals surface area contributed by atoms with E-state index in [0.717, 1.165) is 12.3 Å². The average molecular weight is 180 g/mol. The van der Waals surface area contributed by atoms with E-state index in [1.807, 2.05) is 0 Å². The van der Waals surface area contributed by atoms with Crippen LogP contribution in [0.2, 0.25) is 0 Å². The smallest absolute Gasteiger partial charge is 0.312 e. The molecule has 2 nitrogen and oxygen atoms in total. The second-order valence-corrected chi connectivity index (χ2v) is 4.96. The second kappa shape index (κ2) is 2.28. The monoisotopic (exact) mass is 180 g/mol. The van der Waals surface area contributed by atoms with Crippen molar-refractivity contribution in [2.75, 3.05) is 7.11 Å². The Kier molecular flexibility index (Phi) is 1.38. The fourth-order valence-electron chi connectivity index (χ4n) is 4.00. The molecule has 0 radical (unpaired) electrons. The predicted molar refractivity (Wildman–Crippen MR) is 48.0 cm³/mol. The average Bonchev–Trinajstić information content (AvgIpc) is 2.89. The van der Waals surface area contributed by atoms with Gasteiger partial charge in [-0.25, -0.2) is 0 Å². The Hall–Kier alpha value is -0.530. The van der Waals surface area contributed by atoms with Gasteiger partial charge in [-0.15, -0.1) is 0 Å². The van der Waals surface area contributed by atoms with E-state index in [0.29, 0.717) is 11.8 Å². The van der Waals surface area contributed by atoms with Gasteiger partial charge < -0.3 is 4.74 Å². The third-order valence-electron chi connectivity index (χ3n) is 4.70. The summed E-state index contributed by atoms with van der Waals surface area (Å²) in [7, 11) is 1.54. The zero-order valence-corrected chi connectivity index (χ0v) is 8.08. The molecule has 0 spiro atoms. The number of fused-ring (bicyclic) bond motifs is 2. The zero-order chi connectivity index (χ0) is 9.05. The summed E-state index contributed by atoms with van der Waals surface area (Å²) in [5.74, 6) is 2.41. The summed E-state index contributed by atoms with van der Waals surface area (Å²) in [6.45, 7) is 0. The molecule has 4 unspecified atom stereocenters. The lowest BCUT2D eigenvalue weighted by Crippen LogP contribution is -2.24. The highest BCUT2D eigenvalue weighted by Crippen LogP contribution is 2.72. The molecule has 3 rings (SSSR count). The van der Waals surface area contributed by atoms with Crippen LogP contribution in [-0.4, -0.2) is 13.1 Å². The summed E-state index contributed by atoms with van der Waals surface area (Å²) in [5, 5.41) is 0. The number of ether oxygens (including phenoxy) is 1. The highest BCUT2D eigenvalue weighted by molar-refractivity contribution is 5.81. The van der Waals surface area contributed by atoms with Crippen molar-refractivity contribution in [3.8, 4) is 0 Å². The fourth-order valence-corrected chi connectivity index (χ4v) is 4.00. The molecular weight excluding hydrogens is 164 g/mol. The van der Waals surface area contributed by atoms with Gasteiger partial charge in [-0.3, -0.25) is 4.79 Å². The third kappa shape index (κ3) is 0.773. The Balaban J connectivity index is 1.90. The van der Waals surface area contributed by atoms with Crippen LogP contribution in [0.1, 0.15) is 32.1 Å². The molecule has 0 N–H and O–H groups in total. The van der Waals surface area contributed by atoms with Crippen molar-refractivity contribution < 1.29 is 9.53 Å². The van der Waals surface area contributed by atoms with Crippen LogP contribution in [0, 0.1) is 23.2 Å². The molecule has 0 saturated heterocycles. The van der Waals surface area contributed by atoms with E-state index in [1.165, 1.54) is 32.8 Å². The van der Waals surface area contributed by atoms with E-state index in [-0.39, 0.29) is 11.4 Å². The molecule has 4 atom stereocenters. The summed E-state index contributed by atoms with van der Waals surface area (Å²) in [4.78, 5) is 11.7. The molecule has 3 saturated carbocycles. The van der Waals surface area contributed by atoms with E-state index in [2.05, 4.69) is 0 Å². The van der Waals surface area contributed by atoms with Gasteiger partial charge in [-0.2, -0.15) is 0 Å². The van der Waals surface area contributed by atoms with Crippen LogP contribution in [-0.2, 0) is 9.53 Å². The van der Waals surface area contributed by atoms with E-state index < -0.39 is 0 Å². The van der Waals surface area contributed by atoms with Crippen molar-refractivity contribution >= 4 is 5.97 Å². The van der Waals surface area contributed by atoms with Crippen molar-refractivity contribution in [2.24, 2.45) is 23.2 Å². The van der Waals surface area contributed by atoms with Crippen LogP contribution in [0.25, 0.3) is 0 Å². The first-order valence-electron chi connectivity index (χ1n) is 5.37. The normalized spacial score (nSPS) is 51.3. The molecule has 0 heterocycles. The van der Waals surface area contributed by atoms with E-state index in [9.17, 15) is 4.79 Å². The predicted octanol–water partition coefficient (Wildman–Crippen LogP) is 1.99. The summed E-state index contributed by atoms with van der Waals surface area (Å²) >= 11 is 0. The number of methoxy groups -OCH3 is 1. The molecule has 0 aromatic carbocycles.